The Morgan fingerprint density at radius 2 is 2.05 bits per heavy atom. The normalized spacial score (nSPS) is 13.5. The van der Waals surface area contributed by atoms with Gasteiger partial charge in [0.25, 0.3) is 0 Å². The van der Waals surface area contributed by atoms with Gasteiger partial charge in [0.2, 0.25) is 10.0 Å². The molecule has 0 radical (unpaired) electrons. The Hall–Kier alpha value is -1.34. The van der Waals surface area contributed by atoms with Crippen molar-refractivity contribution < 1.29 is 12.8 Å². The monoisotopic (exact) mass is 342 g/mol. The van der Waals surface area contributed by atoms with Gasteiger partial charge in [-0.1, -0.05) is 17.7 Å². The highest BCUT2D eigenvalue weighted by Crippen LogP contribution is 2.23. The summed E-state index contributed by atoms with van der Waals surface area (Å²) >= 11 is 6.04. The van der Waals surface area contributed by atoms with Crippen LogP contribution in [-0.4, -0.2) is 34.0 Å². The van der Waals surface area contributed by atoms with Crippen molar-refractivity contribution in [3.8, 4) is 0 Å². The molecule has 0 aliphatic carbocycles. The Morgan fingerprint density at radius 3 is 2.59 bits per heavy atom. The number of benzene rings is 1. The fourth-order valence-electron chi connectivity index (χ4n) is 2.11. The zero-order valence-corrected chi connectivity index (χ0v) is 14.3. The summed E-state index contributed by atoms with van der Waals surface area (Å²) in [6.45, 7) is 2.04. The summed E-state index contributed by atoms with van der Waals surface area (Å²) in [6, 6.07) is 8.25. The van der Waals surface area contributed by atoms with Crippen LogP contribution < -0.4 is 4.72 Å². The molecule has 0 bridgehead atoms. The highest BCUT2D eigenvalue weighted by molar-refractivity contribution is 7.89. The second-order valence-corrected chi connectivity index (χ2v) is 7.42. The van der Waals surface area contributed by atoms with E-state index in [1.807, 2.05) is 32.0 Å². The fraction of sp³-hybridized carbons (Fsp3) is 0.333. The molecule has 0 aliphatic heterocycles. The number of nitrogens with one attached hydrogen (secondary N) is 1. The third-order valence-corrected chi connectivity index (χ3v) is 5.25. The third kappa shape index (κ3) is 3.89. The first-order valence-corrected chi connectivity index (χ1v) is 8.63. The zero-order chi connectivity index (χ0) is 16.3. The maximum Gasteiger partial charge on any atom is 0.242 e. The summed E-state index contributed by atoms with van der Waals surface area (Å²) in [5, 5.41) is 0.215. The number of halogens is 1. The third-order valence-electron chi connectivity index (χ3n) is 3.34. The number of hydrogen-bond donors (Lipinski definition) is 1. The smallest absolute Gasteiger partial charge is 0.242 e. The molecule has 1 N–H and O–H groups in total. The van der Waals surface area contributed by atoms with Gasteiger partial charge in [-0.25, -0.2) is 13.1 Å². The van der Waals surface area contributed by atoms with E-state index in [-0.39, 0.29) is 22.5 Å². The summed E-state index contributed by atoms with van der Waals surface area (Å²) < 4.78 is 32.8. The average Bonchev–Trinajstić information content (AvgIpc) is 2.91. The van der Waals surface area contributed by atoms with E-state index in [9.17, 15) is 8.42 Å². The van der Waals surface area contributed by atoms with Crippen LogP contribution in [-0.2, 0) is 10.0 Å². The van der Waals surface area contributed by atoms with Crippen LogP contribution in [0.15, 0.2) is 45.9 Å². The molecule has 0 fully saturated rings. The van der Waals surface area contributed by atoms with Crippen LogP contribution in [0, 0.1) is 6.92 Å². The van der Waals surface area contributed by atoms with Gasteiger partial charge < -0.3 is 4.42 Å². The van der Waals surface area contributed by atoms with E-state index in [0.29, 0.717) is 5.76 Å². The Morgan fingerprint density at radius 1 is 1.32 bits per heavy atom. The molecular formula is C15H19ClN2O3S. The van der Waals surface area contributed by atoms with E-state index in [2.05, 4.69) is 4.72 Å². The SMILES string of the molecule is Cc1ccc(S(=O)(=O)NCC(c2ccco2)N(C)C)c(Cl)c1. The number of furan rings is 1. The predicted molar refractivity (Wildman–Crippen MR) is 86.5 cm³/mol. The number of sulfonamides is 1. The summed E-state index contributed by atoms with van der Waals surface area (Å²) in [6.07, 6.45) is 1.57. The molecule has 0 amide bonds. The predicted octanol–water partition coefficient (Wildman–Crippen LogP) is 2.82. The van der Waals surface area contributed by atoms with Gasteiger partial charge in [-0.15, -0.1) is 0 Å². The van der Waals surface area contributed by atoms with Crippen molar-refractivity contribution in [1.82, 2.24) is 9.62 Å². The minimum atomic E-state index is -3.68. The molecular weight excluding hydrogens is 324 g/mol. The van der Waals surface area contributed by atoms with Crippen LogP contribution in [0.2, 0.25) is 5.02 Å². The summed E-state index contributed by atoms with van der Waals surface area (Å²) in [5.41, 5.74) is 0.908. The molecule has 22 heavy (non-hydrogen) atoms. The molecule has 2 aromatic rings. The van der Waals surface area contributed by atoms with Crippen molar-refractivity contribution in [3.05, 3.63) is 52.9 Å². The van der Waals surface area contributed by atoms with Crippen LogP contribution in [0.1, 0.15) is 17.4 Å². The first-order chi connectivity index (χ1) is 10.3. The van der Waals surface area contributed by atoms with Gasteiger partial charge >= 0.3 is 0 Å². The maximum atomic E-state index is 12.4. The van der Waals surface area contributed by atoms with Crippen LogP contribution in [0.3, 0.4) is 0 Å². The molecule has 120 valence electrons. The number of hydrogen-bond acceptors (Lipinski definition) is 4. The van der Waals surface area contributed by atoms with Crippen LogP contribution in [0.25, 0.3) is 0 Å². The second kappa shape index (κ2) is 6.83. The number of aryl methyl sites for hydroxylation is 1. The average molecular weight is 343 g/mol. The van der Waals surface area contributed by atoms with Gasteiger partial charge in [0, 0.05) is 6.54 Å². The number of nitrogens with zero attached hydrogens (tertiary/aromatic N) is 1. The van der Waals surface area contributed by atoms with Crippen molar-refractivity contribution in [3.63, 3.8) is 0 Å². The lowest BCUT2D eigenvalue weighted by Crippen LogP contribution is -2.34. The highest BCUT2D eigenvalue weighted by atomic mass is 35.5. The highest BCUT2D eigenvalue weighted by Gasteiger charge is 2.23. The Balaban J connectivity index is 2.18. The van der Waals surface area contributed by atoms with Crippen molar-refractivity contribution in [2.45, 2.75) is 17.9 Å². The Bertz CT molecular complexity index is 727. The minimum Gasteiger partial charge on any atom is -0.468 e. The van der Waals surface area contributed by atoms with Gasteiger partial charge in [0.1, 0.15) is 10.7 Å². The van der Waals surface area contributed by atoms with Gasteiger partial charge in [0.05, 0.1) is 17.3 Å². The topological polar surface area (TPSA) is 62.6 Å². The second-order valence-electron chi connectivity index (χ2n) is 5.28. The molecule has 7 heteroatoms. The van der Waals surface area contributed by atoms with Gasteiger partial charge in [-0.2, -0.15) is 0 Å². The van der Waals surface area contributed by atoms with E-state index < -0.39 is 10.0 Å². The fourth-order valence-corrected chi connectivity index (χ4v) is 3.74. The molecule has 1 aromatic heterocycles. The summed E-state index contributed by atoms with van der Waals surface area (Å²) in [5.74, 6) is 0.697. The van der Waals surface area contributed by atoms with Crippen molar-refractivity contribution in [1.29, 1.82) is 0 Å². The standard InChI is InChI=1S/C15H19ClN2O3S/c1-11-6-7-15(12(16)9-11)22(19,20)17-10-13(18(2)3)14-5-4-8-21-14/h4-9,13,17H,10H2,1-3H3. The van der Waals surface area contributed by atoms with Crippen molar-refractivity contribution >= 4 is 21.6 Å². The molecule has 0 saturated carbocycles. The molecule has 1 heterocycles. The van der Waals surface area contributed by atoms with E-state index in [1.54, 1.807) is 24.5 Å². The van der Waals surface area contributed by atoms with Crippen molar-refractivity contribution in [2.24, 2.45) is 0 Å². The van der Waals surface area contributed by atoms with E-state index in [1.165, 1.54) is 6.07 Å². The Kier molecular flexibility index (Phi) is 5.28. The molecule has 1 unspecified atom stereocenters. The number of likely N-dealkylation sites (N-methyl/N-ethyl adjacent to an activating group) is 1. The van der Waals surface area contributed by atoms with E-state index in [4.69, 9.17) is 16.0 Å². The first kappa shape index (κ1) is 17.0. The van der Waals surface area contributed by atoms with Gasteiger partial charge in [0.15, 0.2) is 0 Å². The van der Waals surface area contributed by atoms with Gasteiger partial charge in [-0.05, 0) is 50.8 Å². The van der Waals surface area contributed by atoms with Crippen LogP contribution >= 0.6 is 11.6 Å². The summed E-state index contributed by atoms with van der Waals surface area (Å²) in [7, 11) is 0.0453. The molecule has 5 nitrogen and oxygen atoms in total. The largest absolute Gasteiger partial charge is 0.468 e. The van der Waals surface area contributed by atoms with Gasteiger partial charge in [-0.3, -0.25) is 4.90 Å². The molecule has 0 aliphatic rings. The minimum absolute atomic E-state index is 0.0803. The van der Waals surface area contributed by atoms with Crippen LogP contribution in [0.4, 0.5) is 0 Å². The Labute approximate surface area is 135 Å². The quantitative estimate of drug-likeness (QED) is 0.876. The molecule has 0 spiro atoms. The van der Waals surface area contributed by atoms with E-state index >= 15 is 0 Å². The first-order valence-electron chi connectivity index (χ1n) is 6.77. The molecule has 1 atom stereocenters. The van der Waals surface area contributed by atoms with Crippen LogP contribution in [0.5, 0.6) is 0 Å². The number of rotatable bonds is 6. The molecule has 1 aromatic carbocycles. The summed E-state index contributed by atoms with van der Waals surface area (Å²) in [4.78, 5) is 1.97. The lowest BCUT2D eigenvalue weighted by molar-refractivity contribution is 0.259. The zero-order valence-electron chi connectivity index (χ0n) is 12.7. The van der Waals surface area contributed by atoms with Crippen molar-refractivity contribution in [2.75, 3.05) is 20.6 Å². The van der Waals surface area contributed by atoms with E-state index in [0.717, 1.165) is 5.56 Å². The molecule has 0 saturated heterocycles. The lowest BCUT2D eigenvalue weighted by atomic mass is 10.2. The molecule has 2 rings (SSSR count). The lowest BCUT2D eigenvalue weighted by Gasteiger charge is -2.22. The maximum absolute atomic E-state index is 12.4.